The van der Waals surface area contributed by atoms with Crippen LogP contribution in [-0.4, -0.2) is 22.9 Å². The summed E-state index contributed by atoms with van der Waals surface area (Å²) in [5.74, 6) is -1.20. The van der Waals surface area contributed by atoms with Crippen molar-refractivity contribution in [2.24, 2.45) is 5.73 Å². The maximum Gasteiger partial charge on any atom is 0.239 e. The summed E-state index contributed by atoms with van der Waals surface area (Å²) < 4.78 is 27.0. The molecule has 1 fully saturated rings. The van der Waals surface area contributed by atoms with Crippen molar-refractivity contribution in [3.63, 3.8) is 0 Å². The summed E-state index contributed by atoms with van der Waals surface area (Å²) in [6, 6.07) is 2.76. The van der Waals surface area contributed by atoms with Gasteiger partial charge < -0.3 is 10.6 Å². The van der Waals surface area contributed by atoms with Crippen LogP contribution in [0.25, 0.3) is 0 Å². The Morgan fingerprint density at radius 3 is 2.57 bits per heavy atom. The molecule has 2 N–H and O–H groups in total. The number of amides is 1. The lowest BCUT2D eigenvalue weighted by atomic mass is 10.1. The Morgan fingerprint density at radius 2 is 2.00 bits per heavy atom. The lowest BCUT2D eigenvalue weighted by Crippen LogP contribution is -2.46. The SMILES string of the molecule is C[C@H](N)C(=O)N(Cc1cc(F)ccc1F)C1CCCC1.Cl. The summed E-state index contributed by atoms with van der Waals surface area (Å²) >= 11 is 0. The van der Waals surface area contributed by atoms with E-state index in [4.69, 9.17) is 5.73 Å². The Kier molecular flexibility index (Phi) is 6.55. The lowest BCUT2D eigenvalue weighted by molar-refractivity contribution is -0.135. The quantitative estimate of drug-likeness (QED) is 0.927. The largest absolute Gasteiger partial charge is 0.334 e. The predicted octanol–water partition coefficient (Wildman–Crippen LogP) is 3.01. The van der Waals surface area contributed by atoms with E-state index in [0.717, 1.165) is 43.9 Å². The average molecular weight is 319 g/mol. The van der Waals surface area contributed by atoms with Crippen LogP contribution in [-0.2, 0) is 11.3 Å². The molecule has 1 saturated carbocycles. The van der Waals surface area contributed by atoms with Gasteiger partial charge in [0.2, 0.25) is 5.91 Å². The Hall–Kier alpha value is -1.20. The first-order valence-corrected chi connectivity index (χ1v) is 6.99. The summed E-state index contributed by atoms with van der Waals surface area (Å²) in [5.41, 5.74) is 5.87. The number of carbonyl (C=O) groups excluding carboxylic acids is 1. The summed E-state index contributed by atoms with van der Waals surface area (Å²) in [6.45, 7) is 1.70. The van der Waals surface area contributed by atoms with Gasteiger partial charge in [0.25, 0.3) is 0 Å². The second-order valence-electron chi connectivity index (χ2n) is 5.43. The number of rotatable bonds is 4. The normalized spacial score (nSPS) is 16.4. The second-order valence-corrected chi connectivity index (χ2v) is 5.43. The van der Waals surface area contributed by atoms with Crippen molar-refractivity contribution >= 4 is 18.3 Å². The summed E-state index contributed by atoms with van der Waals surface area (Å²) in [7, 11) is 0. The van der Waals surface area contributed by atoms with Crippen molar-refractivity contribution in [2.45, 2.75) is 51.2 Å². The smallest absolute Gasteiger partial charge is 0.239 e. The first-order valence-electron chi connectivity index (χ1n) is 6.99. The first kappa shape index (κ1) is 17.9. The summed E-state index contributed by atoms with van der Waals surface area (Å²) in [5, 5.41) is 0. The van der Waals surface area contributed by atoms with Gasteiger partial charge in [-0.1, -0.05) is 12.8 Å². The van der Waals surface area contributed by atoms with E-state index in [1.165, 1.54) is 0 Å². The molecule has 0 aliphatic heterocycles. The van der Waals surface area contributed by atoms with Crippen molar-refractivity contribution in [3.8, 4) is 0 Å². The molecule has 6 heteroatoms. The van der Waals surface area contributed by atoms with Crippen molar-refractivity contribution in [2.75, 3.05) is 0 Å². The predicted molar refractivity (Wildman–Crippen MR) is 80.1 cm³/mol. The third-order valence-corrected chi connectivity index (χ3v) is 3.79. The zero-order valence-corrected chi connectivity index (χ0v) is 12.8. The third kappa shape index (κ3) is 4.38. The van der Waals surface area contributed by atoms with Crippen LogP contribution in [0.3, 0.4) is 0 Å². The van der Waals surface area contributed by atoms with Gasteiger partial charge in [0.15, 0.2) is 0 Å². The average Bonchev–Trinajstić information content (AvgIpc) is 2.92. The molecule has 0 unspecified atom stereocenters. The van der Waals surface area contributed by atoms with Gasteiger partial charge in [0.05, 0.1) is 6.04 Å². The topological polar surface area (TPSA) is 46.3 Å². The number of benzene rings is 1. The van der Waals surface area contributed by atoms with Gasteiger partial charge in [-0.25, -0.2) is 8.78 Å². The maximum atomic E-state index is 13.7. The van der Waals surface area contributed by atoms with Crippen molar-refractivity contribution in [1.29, 1.82) is 0 Å². The molecule has 1 aliphatic carbocycles. The molecule has 1 aromatic carbocycles. The monoisotopic (exact) mass is 318 g/mol. The molecule has 1 aromatic rings. The van der Waals surface area contributed by atoms with Crippen LogP contribution in [0, 0.1) is 11.6 Å². The second kappa shape index (κ2) is 7.71. The number of hydrogen-bond acceptors (Lipinski definition) is 2. The highest BCUT2D eigenvalue weighted by Gasteiger charge is 2.29. The molecule has 1 aliphatic rings. The Labute approximate surface area is 129 Å². The number of hydrogen-bond donors (Lipinski definition) is 1. The van der Waals surface area contributed by atoms with Gasteiger partial charge in [-0.3, -0.25) is 4.79 Å². The van der Waals surface area contributed by atoms with E-state index in [1.807, 2.05) is 0 Å². The molecular weight excluding hydrogens is 298 g/mol. The van der Waals surface area contributed by atoms with Crippen molar-refractivity contribution < 1.29 is 13.6 Å². The highest BCUT2D eigenvalue weighted by molar-refractivity contribution is 5.85. The summed E-state index contributed by atoms with van der Waals surface area (Å²) in [6.07, 6.45) is 3.91. The molecule has 21 heavy (non-hydrogen) atoms. The highest BCUT2D eigenvalue weighted by Crippen LogP contribution is 2.26. The van der Waals surface area contributed by atoms with E-state index in [1.54, 1.807) is 11.8 Å². The number of carbonyl (C=O) groups is 1. The zero-order valence-electron chi connectivity index (χ0n) is 12.0. The molecular formula is C15H21ClF2N2O. The Balaban J connectivity index is 0.00000220. The minimum absolute atomic E-state index is 0. The molecule has 0 aromatic heterocycles. The van der Waals surface area contributed by atoms with Crippen molar-refractivity contribution in [3.05, 3.63) is 35.4 Å². The van der Waals surface area contributed by atoms with E-state index in [9.17, 15) is 13.6 Å². The molecule has 0 bridgehead atoms. The minimum atomic E-state index is -0.632. The van der Waals surface area contributed by atoms with Gasteiger partial charge in [0.1, 0.15) is 11.6 Å². The lowest BCUT2D eigenvalue weighted by Gasteiger charge is -2.30. The van der Waals surface area contributed by atoms with E-state index in [-0.39, 0.29) is 36.5 Å². The van der Waals surface area contributed by atoms with Crippen LogP contribution >= 0.6 is 12.4 Å². The molecule has 0 saturated heterocycles. The van der Waals surface area contributed by atoms with Gasteiger partial charge in [-0.05, 0) is 38.0 Å². The fraction of sp³-hybridized carbons (Fsp3) is 0.533. The molecule has 2 rings (SSSR count). The standard InChI is InChI=1S/C15H20F2N2O.ClH/c1-10(18)15(20)19(13-4-2-3-5-13)9-11-8-12(16)6-7-14(11)17;/h6-8,10,13H,2-5,9,18H2,1H3;1H/t10-;/m0./s1. The molecule has 1 atom stereocenters. The zero-order chi connectivity index (χ0) is 14.7. The molecule has 0 spiro atoms. The Bertz CT molecular complexity index is 491. The molecule has 118 valence electrons. The van der Waals surface area contributed by atoms with E-state index < -0.39 is 17.7 Å². The summed E-state index contributed by atoms with van der Waals surface area (Å²) in [4.78, 5) is 13.8. The number of nitrogens with zero attached hydrogens (tertiary/aromatic N) is 1. The Morgan fingerprint density at radius 1 is 1.38 bits per heavy atom. The number of halogens is 3. The third-order valence-electron chi connectivity index (χ3n) is 3.79. The van der Waals surface area contributed by atoms with Gasteiger partial charge in [-0.2, -0.15) is 0 Å². The van der Waals surface area contributed by atoms with Crippen LogP contribution < -0.4 is 5.73 Å². The van der Waals surface area contributed by atoms with Crippen LogP contribution in [0.5, 0.6) is 0 Å². The first-order chi connectivity index (χ1) is 9.49. The van der Waals surface area contributed by atoms with E-state index in [2.05, 4.69) is 0 Å². The highest BCUT2D eigenvalue weighted by atomic mass is 35.5. The number of nitrogens with two attached hydrogens (primary N) is 1. The van der Waals surface area contributed by atoms with Gasteiger partial charge in [0, 0.05) is 18.2 Å². The molecule has 1 amide bonds. The van der Waals surface area contributed by atoms with E-state index in [0.29, 0.717) is 0 Å². The minimum Gasteiger partial charge on any atom is -0.334 e. The maximum absolute atomic E-state index is 13.7. The molecule has 0 radical (unpaired) electrons. The van der Waals surface area contributed by atoms with Crippen LogP contribution in [0.1, 0.15) is 38.2 Å². The van der Waals surface area contributed by atoms with Gasteiger partial charge >= 0.3 is 0 Å². The van der Waals surface area contributed by atoms with Crippen LogP contribution in [0.2, 0.25) is 0 Å². The van der Waals surface area contributed by atoms with Crippen LogP contribution in [0.15, 0.2) is 18.2 Å². The fourth-order valence-corrected chi connectivity index (χ4v) is 2.71. The molecule has 0 heterocycles. The van der Waals surface area contributed by atoms with Gasteiger partial charge in [-0.15, -0.1) is 12.4 Å². The van der Waals surface area contributed by atoms with E-state index >= 15 is 0 Å². The van der Waals surface area contributed by atoms with Crippen LogP contribution in [0.4, 0.5) is 8.78 Å². The molecule has 3 nitrogen and oxygen atoms in total. The van der Waals surface area contributed by atoms with Crippen molar-refractivity contribution in [1.82, 2.24) is 4.90 Å². The fourth-order valence-electron chi connectivity index (χ4n) is 2.71.